The van der Waals surface area contributed by atoms with Gasteiger partial charge in [0.25, 0.3) is 0 Å². The van der Waals surface area contributed by atoms with Crippen molar-refractivity contribution < 1.29 is 4.79 Å². The molecule has 0 N–H and O–H groups in total. The molecule has 2 aromatic heterocycles. The second-order valence-electron chi connectivity index (χ2n) is 6.57. The van der Waals surface area contributed by atoms with Gasteiger partial charge in [-0.2, -0.15) is 5.10 Å². The number of amides is 1. The zero-order valence-electron chi connectivity index (χ0n) is 14.9. The number of nitrogens with zero attached hydrogens (tertiary/aromatic N) is 5. The number of rotatable bonds is 4. The third kappa shape index (κ3) is 3.39. The van der Waals surface area contributed by atoms with Gasteiger partial charge in [-0.1, -0.05) is 30.3 Å². The van der Waals surface area contributed by atoms with E-state index < -0.39 is 0 Å². The Labute approximate surface area is 156 Å². The van der Waals surface area contributed by atoms with Crippen molar-refractivity contribution in [3.63, 3.8) is 0 Å². The summed E-state index contributed by atoms with van der Waals surface area (Å²) in [4.78, 5) is 24.0. The third-order valence-electron chi connectivity index (χ3n) is 4.62. The van der Waals surface area contributed by atoms with Crippen molar-refractivity contribution >= 4 is 17.2 Å². The standard InChI is InChI=1S/C19H21N5OS/c1-13-20-19-17(10-15-6-4-3-5-7-15)23(8-9-24(19)22-13)18(25)11-16-12-26-14(2)21-16/h3-7,12,17H,8-11H2,1-2H3/t17-/m0/s1. The summed E-state index contributed by atoms with van der Waals surface area (Å²) in [7, 11) is 0. The quantitative estimate of drug-likeness (QED) is 0.711. The monoisotopic (exact) mass is 367 g/mol. The number of fused-ring (bicyclic) bond motifs is 1. The highest BCUT2D eigenvalue weighted by Gasteiger charge is 2.33. The first-order chi connectivity index (χ1) is 12.6. The predicted molar refractivity (Wildman–Crippen MR) is 99.9 cm³/mol. The van der Waals surface area contributed by atoms with Gasteiger partial charge in [-0.25, -0.2) is 14.6 Å². The van der Waals surface area contributed by atoms with Gasteiger partial charge >= 0.3 is 0 Å². The van der Waals surface area contributed by atoms with Crippen molar-refractivity contribution in [2.45, 2.75) is 39.3 Å². The molecule has 0 spiro atoms. The van der Waals surface area contributed by atoms with Crippen molar-refractivity contribution in [1.82, 2.24) is 24.6 Å². The maximum atomic E-state index is 13.0. The molecule has 0 saturated carbocycles. The van der Waals surface area contributed by atoms with E-state index in [1.807, 2.05) is 47.0 Å². The van der Waals surface area contributed by atoms with E-state index in [2.05, 4.69) is 27.2 Å². The first-order valence-electron chi connectivity index (χ1n) is 8.76. The lowest BCUT2D eigenvalue weighted by Gasteiger charge is -2.35. The maximum Gasteiger partial charge on any atom is 0.229 e. The molecule has 6 nitrogen and oxygen atoms in total. The van der Waals surface area contributed by atoms with Crippen LogP contribution in [0.15, 0.2) is 35.7 Å². The molecule has 134 valence electrons. The normalized spacial score (nSPS) is 16.5. The van der Waals surface area contributed by atoms with Gasteiger partial charge in [0.1, 0.15) is 11.6 Å². The SMILES string of the molecule is Cc1nc2n(n1)CCN(C(=O)Cc1csc(C)n1)[C@H]2Cc1ccccc1. The molecule has 1 aromatic carbocycles. The second kappa shape index (κ2) is 6.99. The number of hydrogen-bond acceptors (Lipinski definition) is 5. The summed E-state index contributed by atoms with van der Waals surface area (Å²) in [6.07, 6.45) is 1.07. The highest BCUT2D eigenvalue weighted by atomic mass is 32.1. The number of carbonyl (C=O) groups is 1. The molecule has 1 atom stereocenters. The van der Waals surface area contributed by atoms with E-state index in [1.165, 1.54) is 5.56 Å². The summed E-state index contributed by atoms with van der Waals surface area (Å²) in [6.45, 7) is 5.19. The molecule has 3 aromatic rings. The molecular formula is C19H21N5OS. The average Bonchev–Trinajstić information content (AvgIpc) is 3.20. The van der Waals surface area contributed by atoms with Crippen LogP contribution >= 0.6 is 11.3 Å². The van der Waals surface area contributed by atoms with Crippen molar-refractivity contribution in [1.29, 1.82) is 0 Å². The lowest BCUT2D eigenvalue weighted by Crippen LogP contribution is -2.44. The first-order valence-corrected chi connectivity index (χ1v) is 9.64. The summed E-state index contributed by atoms with van der Waals surface area (Å²) in [5, 5.41) is 7.44. The third-order valence-corrected chi connectivity index (χ3v) is 5.45. The van der Waals surface area contributed by atoms with Crippen LogP contribution in [-0.2, 0) is 24.2 Å². The minimum Gasteiger partial charge on any atom is -0.330 e. The molecule has 3 heterocycles. The average molecular weight is 367 g/mol. The molecule has 0 aliphatic carbocycles. The van der Waals surface area contributed by atoms with E-state index in [-0.39, 0.29) is 11.9 Å². The molecule has 0 radical (unpaired) electrons. The topological polar surface area (TPSA) is 63.9 Å². The van der Waals surface area contributed by atoms with Gasteiger partial charge in [0.15, 0.2) is 0 Å². The number of benzene rings is 1. The summed E-state index contributed by atoms with van der Waals surface area (Å²) >= 11 is 1.58. The van der Waals surface area contributed by atoms with E-state index in [9.17, 15) is 4.79 Å². The summed E-state index contributed by atoms with van der Waals surface area (Å²) < 4.78 is 1.94. The van der Waals surface area contributed by atoms with Crippen molar-refractivity contribution in [3.8, 4) is 0 Å². The number of aryl methyl sites for hydroxylation is 2. The van der Waals surface area contributed by atoms with Crippen LogP contribution in [0.4, 0.5) is 0 Å². The van der Waals surface area contributed by atoms with Crippen molar-refractivity contribution in [2.75, 3.05) is 6.54 Å². The Bertz CT molecular complexity index is 917. The minimum atomic E-state index is -0.0976. The Morgan fingerprint density at radius 2 is 2.00 bits per heavy atom. The van der Waals surface area contributed by atoms with Crippen LogP contribution in [0.2, 0.25) is 0 Å². The minimum absolute atomic E-state index is 0.0976. The van der Waals surface area contributed by atoms with Crippen LogP contribution in [0.1, 0.15) is 34.0 Å². The van der Waals surface area contributed by atoms with E-state index in [0.717, 1.165) is 28.8 Å². The maximum absolute atomic E-state index is 13.0. The highest BCUT2D eigenvalue weighted by Crippen LogP contribution is 2.28. The Hall–Kier alpha value is -2.54. The molecule has 1 aliphatic heterocycles. The molecule has 4 rings (SSSR count). The van der Waals surface area contributed by atoms with Crippen LogP contribution in [0.25, 0.3) is 0 Å². The Morgan fingerprint density at radius 1 is 1.19 bits per heavy atom. The Morgan fingerprint density at radius 3 is 2.73 bits per heavy atom. The summed E-state index contributed by atoms with van der Waals surface area (Å²) in [5.41, 5.74) is 2.04. The van der Waals surface area contributed by atoms with Gasteiger partial charge in [0.2, 0.25) is 5.91 Å². The predicted octanol–water partition coefficient (Wildman–Crippen LogP) is 2.72. The molecule has 1 aliphatic rings. The summed E-state index contributed by atoms with van der Waals surface area (Å²) in [5.74, 6) is 1.73. The fraction of sp³-hybridized carbons (Fsp3) is 0.368. The Kier molecular flexibility index (Phi) is 4.55. The number of thiazole rings is 1. The first kappa shape index (κ1) is 16.9. The van der Waals surface area contributed by atoms with E-state index in [1.54, 1.807) is 11.3 Å². The Balaban J connectivity index is 1.62. The zero-order chi connectivity index (χ0) is 18.1. The molecule has 7 heteroatoms. The van der Waals surface area contributed by atoms with E-state index >= 15 is 0 Å². The number of hydrogen-bond donors (Lipinski definition) is 0. The smallest absolute Gasteiger partial charge is 0.229 e. The van der Waals surface area contributed by atoms with Crippen LogP contribution in [0.5, 0.6) is 0 Å². The van der Waals surface area contributed by atoms with Crippen LogP contribution < -0.4 is 0 Å². The van der Waals surface area contributed by atoms with E-state index in [0.29, 0.717) is 19.5 Å². The van der Waals surface area contributed by atoms with Gasteiger partial charge in [-0.3, -0.25) is 4.79 Å². The molecule has 0 unspecified atom stereocenters. The van der Waals surface area contributed by atoms with Crippen LogP contribution in [-0.4, -0.2) is 37.1 Å². The fourth-order valence-electron chi connectivity index (χ4n) is 3.46. The lowest BCUT2D eigenvalue weighted by molar-refractivity contribution is -0.134. The van der Waals surface area contributed by atoms with Crippen LogP contribution in [0, 0.1) is 13.8 Å². The second-order valence-corrected chi connectivity index (χ2v) is 7.63. The number of aromatic nitrogens is 4. The zero-order valence-corrected chi connectivity index (χ0v) is 15.7. The van der Waals surface area contributed by atoms with Gasteiger partial charge < -0.3 is 4.90 Å². The van der Waals surface area contributed by atoms with Gasteiger partial charge in [0, 0.05) is 18.3 Å². The largest absolute Gasteiger partial charge is 0.330 e. The van der Waals surface area contributed by atoms with Crippen molar-refractivity contribution in [3.05, 3.63) is 63.6 Å². The van der Waals surface area contributed by atoms with Gasteiger partial charge in [-0.15, -0.1) is 11.3 Å². The molecule has 0 saturated heterocycles. The van der Waals surface area contributed by atoms with Crippen molar-refractivity contribution in [2.24, 2.45) is 0 Å². The number of carbonyl (C=O) groups excluding carboxylic acids is 1. The molecule has 0 bridgehead atoms. The molecule has 1 amide bonds. The molecule has 0 fully saturated rings. The molecule has 26 heavy (non-hydrogen) atoms. The molecular weight excluding hydrogens is 346 g/mol. The van der Waals surface area contributed by atoms with Gasteiger partial charge in [-0.05, 0) is 19.4 Å². The lowest BCUT2D eigenvalue weighted by atomic mass is 10.0. The van der Waals surface area contributed by atoms with Crippen LogP contribution in [0.3, 0.4) is 0 Å². The summed E-state index contributed by atoms with van der Waals surface area (Å²) in [6, 6.07) is 10.1. The van der Waals surface area contributed by atoms with Gasteiger partial charge in [0.05, 0.1) is 29.7 Å². The fourth-order valence-corrected chi connectivity index (χ4v) is 4.08. The van der Waals surface area contributed by atoms with E-state index in [4.69, 9.17) is 0 Å². The highest BCUT2D eigenvalue weighted by molar-refractivity contribution is 7.09.